The highest BCUT2D eigenvalue weighted by molar-refractivity contribution is 6.31. The van der Waals surface area contributed by atoms with Gasteiger partial charge in [0.1, 0.15) is 5.52 Å². The number of oxazole rings is 1. The molecule has 0 aliphatic rings. The zero-order valence-corrected chi connectivity index (χ0v) is 13.1. The van der Waals surface area contributed by atoms with Gasteiger partial charge in [0.15, 0.2) is 11.4 Å². The lowest BCUT2D eigenvalue weighted by molar-refractivity contribution is 0.620. The molecule has 0 amide bonds. The molecule has 0 saturated heterocycles. The Bertz CT molecular complexity index is 981. The zero-order chi connectivity index (χ0) is 15.8. The van der Waals surface area contributed by atoms with Gasteiger partial charge in [-0.3, -0.25) is 0 Å². The summed E-state index contributed by atoms with van der Waals surface area (Å²) < 4.78 is 5.78. The largest absolute Gasteiger partial charge is 0.436 e. The van der Waals surface area contributed by atoms with Gasteiger partial charge in [0.2, 0.25) is 16.5 Å². The van der Waals surface area contributed by atoms with Gasteiger partial charge in [-0.05, 0) is 53.5 Å². The first-order chi connectivity index (χ1) is 11.2. The van der Waals surface area contributed by atoms with Gasteiger partial charge in [0.05, 0.1) is 0 Å². The van der Waals surface area contributed by atoms with Crippen LogP contribution in [0.25, 0.3) is 33.9 Å². The van der Waals surface area contributed by atoms with Crippen LogP contribution in [0.3, 0.4) is 0 Å². The quantitative estimate of drug-likeness (QED) is 0.530. The van der Waals surface area contributed by atoms with Crippen LogP contribution >= 0.6 is 23.2 Å². The summed E-state index contributed by atoms with van der Waals surface area (Å²) in [5.74, 6) is 0.950. The van der Waals surface area contributed by atoms with Crippen molar-refractivity contribution < 1.29 is 4.42 Å². The molecule has 2 aromatic carbocycles. The van der Waals surface area contributed by atoms with Crippen molar-refractivity contribution in [3.05, 3.63) is 59.1 Å². The Morgan fingerprint density at radius 2 is 1.48 bits per heavy atom. The molecule has 23 heavy (non-hydrogen) atoms. The molecule has 0 radical (unpaired) electrons. The van der Waals surface area contributed by atoms with E-state index >= 15 is 0 Å². The fourth-order valence-electron chi connectivity index (χ4n) is 2.23. The summed E-state index contributed by atoms with van der Waals surface area (Å²) >= 11 is 11.6. The maximum absolute atomic E-state index is 5.82. The van der Waals surface area contributed by atoms with Crippen LogP contribution in [0.15, 0.2) is 52.9 Å². The van der Waals surface area contributed by atoms with E-state index in [4.69, 9.17) is 27.6 Å². The van der Waals surface area contributed by atoms with Crippen molar-refractivity contribution in [3.8, 4) is 22.8 Å². The van der Waals surface area contributed by atoms with Gasteiger partial charge in [0.25, 0.3) is 0 Å². The van der Waals surface area contributed by atoms with E-state index in [9.17, 15) is 0 Å². The summed E-state index contributed by atoms with van der Waals surface area (Å²) in [6.45, 7) is 0. The SMILES string of the molecule is Clc1nc(Cl)nc(-c2ccc3oc(-c4ccccc4)nc3c2)n1. The summed E-state index contributed by atoms with van der Waals surface area (Å²) in [6.07, 6.45) is 0. The first-order valence-electron chi connectivity index (χ1n) is 6.72. The standard InChI is InChI=1S/C16H8Cl2N4O/c17-15-20-13(21-16(18)22-15)10-6-7-12-11(8-10)19-14(23-12)9-4-2-1-3-5-9/h1-8H. The molecule has 0 aliphatic carbocycles. The summed E-state index contributed by atoms with van der Waals surface area (Å²) in [6, 6.07) is 15.2. The van der Waals surface area contributed by atoms with Crippen LogP contribution in [0, 0.1) is 0 Å². The molecule has 5 nitrogen and oxygen atoms in total. The molecular formula is C16H8Cl2N4O. The highest BCUT2D eigenvalue weighted by Crippen LogP contribution is 2.27. The molecule has 0 aliphatic heterocycles. The Hall–Kier alpha value is -2.50. The average Bonchev–Trinajstić information content (AvgIpc) is 2.98. The van der Waals surface area contributed by atoms with E-state index in [1.165, 1.54) is 0 Å². The molecule has 7 heteroatoms. The van der Waals surface area contributed by atoms with Crippen LogP contribution in [0.1, 0.15) is 0 Å². The van der Waals surface area contributed by atoms with Gasteiger partial charge in [0, 0.05) is 11.1 Å². The highest BCUT2D eigenvalue weighted by Gasteiger charge is 2.11. The van der Waals surface area contributed by atoms with Crippen molar-refractivity contribution in [2.24, 2.45) is 0 Å². The van der Waals surface area contributed by atoms with Gasteiger partial charge in [-0.1, -0.05) is 18.2 Å². The predicted octanol–water partition coefficient (Wildman–Crippen LogP) is 4.65. The van der Waals surface area contributed by atoms with E-state index in [2.05, 4.69) is 19.9 Å². The molecule has 2 aromatic heterocycles. The molecule has 0 fully saturated rings. The van der Waals surface area contributed by atoms with Crippen molar-refractivity contribution in [3.63, 3.8) is 0 Å². The summed E-state index contributed by atoms with van der Waals surface area (Å²) in [7, 11) is 0. The minimum absolute atomic E-state index is 0.0465. The van der Waals surface area contributed by atoms with E-state index in [0.29, 0.717) is 22.8 Å². The maximum Gasteiger partial charge on any atom is 0.227 e. The average molecular weight is 343 g/mol. The monoisotopic (exact) mass is 342 g/mol. The van der Waals surface area contributed by atoms with Crippen molar-refractivity contribution in [2.75, 3.05) is 0 Å². The molecule has 0 spiro atoms. The zero-order valence-electron chi connectivity index (χ0n) is 11.6. The number of nitrogens with zero attached hydrogens (tertiary/aromatic N) is 4. The Morgan fingerprint density at radius 1 is 0.739 bits per heavy atom. The fraction of sp³-hybridized carbons (Fsp3) is 0. The molecule has 2 heterocycles. The maximum atomic E-state index is 5.82. The van der Waals surface area contributed by atoms with Gasteiger partial charge in [-0.2, -0.15) is 15.0 Å². The second-order valence-electron chi connectivity index (χ2n) is 4.76. The second kappa shape index (κ2) is 5.61. The Labute approximate surface area is 141 Å². The molecule has 0 bridgehead atoms. The molecule has 0 atom stereocenters. The topological polar surface area (TPSA) is 64.7 Å². The van der Waals surface area contributed by atoms with Gasteiger partial charge in [-0.25, -0.2) is 4.98 Å². The number of hydrogen-bond donors (Lipinski definition) is 0. The minimum atomic E-state index is 0.0465. The number of aromatic nitrogens is 4. The van der Waals surface area contributed by atoms with Crippen molar-refractivity contribution in [2.45, 2.75) is 0 Å². The second-order valence-corrected chi connectivity index (χ2v) is 5.44. The molecule has 112 valence electrons. The third-order valence-electron chi connectivity index (χ3n) is 3.25. The summed E-state index contributed by atoms with van der Waals surface area (Å²) in [5.41, 5.74) is 3.03. The van der Waals surface area contributed by atoms with Crippen LogP contribution in [-0.2, 0) is 0 Å². The summed E-state index contributed by atoms with van der Waals surface area (Å²) in [4.78, 5) is 16.4. The lowest BCUT2D eigenvalue weighted by atomic mass is 10.2. The third kappa shape index (κ3) is 2.76. The van der Waals surface area contributed by atoms with E-state index < -0.39 is 0 Å². The minimum Gasteiger partial charge on any atom is -0.436 e. The Balaban J connectivity index is 1.82. The van der Waals surface area contributed by atoms with Crippen molar-refractivity contribution in [1.82, 2.24) is 19.9 Å². The lowest BCUT2D eigenvalue weighted by Gasteiger charge is -2.00. The smallest absolute Gasteiger partial charge is 0.227 e. The lowest BCUT2D eigenvalue weighted by Crippen LogP contribution is -1.93. The van der Waals surface area contributed by atoms with E-state index in [1.807, 2.05) is 48.5 Å². The molecule has 0 N–H and O–H groups in total. The molecule has 4 aromatic rings. The highest BCUT2D eigenvalue weighted by atomic mass is 35.5. The van der Waals surface area contributed by atoms with E-state index in [0.717, 1.165) is 11.1 Å². The number of halogens is 2. The van der Waals surface area contributed by atoms with E-state index in [-0.39, 0.29) is 10.6 Å². The fourth-order valence-corrected chi connectivity index (χ4v) is 2.59. The van der Waals surface area contributed by atoms with Crippen LogP contribution in [0.5, 0.6) is 0 Å². The third-order valence-corrected chi connectivity index (χ3v) is 3.59. The van der Waals surface area contributed by atoms with Gasteiger partial charge in [-0.15, -0.1) is 0 Å². The normalized spacial score (nSPS) is 11.0. The van der Waals surface area contributed by atoms with Crippen molar-refractivity contribution >= 4 is 34.3 Å². The number of fused-ring (bicyclic) bond motifs is 1. The molecular weight excluding hydrogens is 335 g/mol. The first kappa shape index (κ1) is 14.1. The van der Waals surface area contributed by atoms with Crippen molar-refractivity contribution in [1.29, 1.82) is 0 Å². The number of benzene rings is 2. The first-order valence-corrected chi connectivity index (χ1v) is 7.48. The van der Waals surface area contributed by atoms with Crippen LogP contribution < -0.4 is 0 Å². The molecule has 4 rings (SSSR count). The Morgan fingerprint density at radius 3 is 2.22 bits per heavy atom. The number of rotatable bonds is 2. The van der Waals surface area contributed by atoms with E-state index in [1.54, 1.807) is 0 Å². The van der Waals surface area contributed by atoms with Crippen LogP contribution in [0.2, 0.25) is 10.6 Å². The van der Waals surface area contributed by atoms with Crippen LogP contribution in [0.4, 0.5) is 0 Å². The molecule has 0 unspecified atom stereocenters. The summed E-state index contributed by atoms with van der Waals surface area (Å²) in [5, 5.41) is 0.0930. The van der Waals surface area contributed by atoms with Gasteiger partial charge < -0.3 is 4.42 Å². The Kier molecular flexibility index (Phi) is 3.44. The van der Waals surface area contributed by atoms with Crippen LogP contribution in [-0.4, -0.2) is 19.9 Å². The molecule has 0 saturated carbocycles. The van der Waals surface area contributed by atoms with Gasteiger partial charge >= 0.3 is 0 Å². The predicted molar refractivity (Wildman–Crippen MR) is 88.3 cm³/mol. The number of hydrogen-bond acceptors (Lipinski definition) is 5.